The van der Waals surface area contributed by atoms with Gasteiger partial charge in [0.15, 0.2) is 0 Å². The van der Waals surface area contributed by atoms with E-state index < -0.39 is 0 Å². The molecule has 0 fully saturated rings. The highest BCUT2D eigenvalue weighted by Gasteiger charge is 2.25. The van der Waals surface area contributed by atoms with Crippen LogP contribution in [0.4, 0.5) is 0 Å². The van der Waals surface area contributed by atoms with Crippen LogP contribution in [0.2, 0.25) is 0 Å². The maximum absolute atomic E-state index is 9.71. The van der Waals surface area contributed by atoms with Gasteiger partial charge in [-0.25, -0.2) is 0 Å². The Morgan fingerprint density at radius 2 is 2.08 bits per heavy atom. The first-order valence-corrected chi connectivity index (χ1v) is 5.66. The van der Waals surface area contributed by atoms with Gasteiger partial charge >= 0.3 is 0 Å². The van der Waals surface area contributed by atoms with Crippen molar-refractivity contribution in [1.29, 1.82) is 0 Å². The van der Waals surface area contributed by atoms with Crippen LogP contribution in [0.5, 0.6) is 0 Å². The van der Waals surface area contributed by atoms with E-state index in [1.54, 1.807) is 0 Å². The van der Waals surface area contributed by atoms with Gasteiger partial charge in [-0.15, -0.1) is 0 Å². The molecular weight excluding hydrogens is 170 g/mol. The maximum atomic E-state index is 9.71. The molecule has 0 aromatic heterocycles. The highest BCUT2D eigenvalue weighted by atomic mass is 32.2. The summed E-state index contributed by atoms with van der Waals surface area (Å²) in [6, 6.07) is 0. The number of aliphatic hydroxyl groups is 1. The molecule has 0 radical (unpaired) electrons. The summed E-state index contributed by atoms with van der Waals surface area (Å²) >= 11 is 1.86. The highest BCUT2D eigenvalue weighted by Crippen LogP contribution is 2.22. The molecule has 0 aromatic rings. The molecule has 12 heavy (non-hydrogen) atoms. The monoisotopic (exact) mass is 191 g/mol. The fraction of sp³-hybridized carbons (Fsp3) is 1.00. The van der Waals surface area contributed by atoms with Crippen LogP contribution in [0.1, 0.15) is 27.2 Å². The Balaban J connectivity index is 3.63. The zero-order valence-corrected chi connectivity index (χ0v) is 9.16. The lowest BCUT2D eigenvalue weighted by Crippen LogP contribution is -2.36. The third kappa shape index (κ3) is 4.33. The molecule has 2 nitrogen and oxygen atoms in total. The Kier molecular flexibility index (Phi) is 5.97. The molecular formula is C9H21NOS. The van der Waals surface area contributed by atoms with E-state index in [2.05, 4.69) is 6.92 Å². The molecule has 0 saturated carbocycles. The minimum atomic E-state index is -0.262. The average Bonchev–Trinajstić information content (AvgIpc) is 2.05. The van der Waals surface area contributed by atoms with Crippen LogP contribution in [0.25, 0.3) is 0 Å². The summed E-state index contributed by atoms with van der Waals surface area (Å²) < 4.78 is 0. The Hall–Kier alpha value is 0.270. The standard InChI is InChI=1S/C9H21NOS/c1-4-12-6-5-8(11)9(2,3)7-10/h8,11H,4-7,10H2,1-3H3. The largest absolute Gasteiger partial charge is 0.392 e. The molecule has 1 atom stereocenters. The van der Waals surface area contributed by atoms with Gasteiger partial charge in [0.05, 0.1) is 6.10 Å². The van der Waals surface area contributed by atoms with Crippen LogP contribution in [-0.2, 0) is 0 Å². The van der Waals surface area contributed by atoms with Crippen molar-refractivity contribution < 1.29 is 5.11 Å². The predicted octanol–water partition coefficient (Wildman–Crippen LogP) is 1.48. The van der Waals surface area contributed by atoms with E-state index in [1.165, 1.54) is 0 Å². The number of hydrogen-bond acceptors (Lipinski definition) is 3. The molecule has 0 aliphatic heterocycles. The van der Waals surface area contributed by atoms with Gasteiger partial charge in [-0.3, -0.25) is 0 Å². The molecule has 3 N–H and O–H groups in total. The van der Waals surface area contributed by atoms with Gasteiger partial charge in [-0.05, 0) is 24.5 Å². The SMILES string of the molecule is CCSCCC(O)C(C)(C)CN. The lowest BCUT2D eigenvalue weighted by molar-refractivity contribution is 0.0542. The predicted molar refractivity (Wildman–Crippen MR) is 56.5 cm³/mol. The molecule has 0 bridgehead atoms. The Morgan fingerprint density at radius 3 is 2.50 bits per heavy atom. The van der Waals surface area contributed by atoms with Crippen molar-refractivity contribution in [1.82, 2.24) is 0 Å². The van der Waals surface area contributed by atoms with Crippen molar-refractivity contribution in [3.05, 3.63) is 0 Å². The van der Waals surface area contributed by atoms with Gasteiger partial charge in [0.2, 0.25) is 0 Å². The first kappa shape index (κ1) is 12.3. The van der Waals surface area contributed by atoms with E-state index >= 15 is 0 Å². The third-order valence-corrected chi connectivity index (χ3v) is 3.10. The van der Waals surface area contributed by atoms with Gasteiger partial charge in [0.1, 0.15) is 0 Å². The number of thioether (sulfide) groups is 1. The summed E-state index contributed by atoms with van der Waals surface area (Å²) in [4.78, 5) is 0. The summed E-state index contributed by atoms with van der Waals surface area (Å²) in [6.45, 7) is 6.69. The van der Waals surface area contributed by atoms with Gasteiger partial charge in [0.25, 0.3) is 0 Å². The highest BCUT2D eigenvalue weighted by molar-refractivity contribution is 7.99. The van der Waals surface area contributed by atoms with Gasteiger partial charge in [-0.2, -0.15) is 11.8 Å². The van der Waals surface area contributed by atoms with E-state index in [4.69, 9.17) is 5.73 Å². The van der Waals surface area contributed by atoms with E-state index in [9.17, 15) is 5.11 Å². The zero-order chi connectivity index (χ0) is 9.61. The summed E-state index contributed by atoms with van der Waals surface area (Å²) in [7, 11) is 0. The van der Waals surface area contributed by atoms with Crippen LogP contribution in [0.15, 0.2) is 0 Å². The number of hydrogen-bond donors (Lipinski definition) is 2. The smallest absolute Gasteiger partial charge is 0.0611 e. The van der Waals surface area contributed by atoms with Crippen LogP contribution < -0.4 is 5.73 Å². The minimum Gasteiger partial charge on any atom is -0.392 e. The van der Waals surface area contributed by atoms with E-state index in [-0.39, 0.29) is 11.5 Å². The second kappa shape index (κ2) is 5.84. The second-order valence-electron chi connectivity index (χ2n) is 3.69. The molecule has 0 heterocycles. The summed E-state index contributed by atoms with van der Waals surface area (Å²) in [5.41, 5.74) is 5.41. The average molecular weight is 191 g/mol. The molecule has 0 amide bonds. The molecule has 0 aliphatic carbocycles. The molecule has 74 valence electrons. The fourth-order valence-corrected chi connectivity index (χ4v) is 1.54. The topological polar surface area (TPSA) is 46.2 Å². The van der Waals surface area contributed by atoms with Gasteiger partial charge < -0.3 is 10.8 Å². The van der Waals surface area contributed by atoms with Crippen LogP contribution in [0.3, 0.4) is 0 Å². The fourth-order valence-electron chi connectivity index (χ4n) is 0.866. The molecule has 0 aromatic carbocycles. The lowest BCUT2D eigenvalue weighted by atomic mass is 9.85. The van der Waals surface area contributed by atoms with Crippen molar-refractivity contribution in [3.8, 4) is 0 Å². The van der Waals surface area contributed by atoms with Gasteiger partial charge in [-0.1, -0.05) is 20.8 Å². The molecule has 3 heteroatoms. The van der Waals surface area contributed by atoms with Gasteiger partial charge in [0, 0.05) is 5.41 Å². The number of nitrogens with two attached hydrogens (primary N) is 1. The van der Waals surface area contributed by atoms with Crippen molar-refractivity contribution in [2.75, 3.05) is 18.1 Å². The Morgan fingerprint density at radius 1 is 1.50 bits per heavy atom. The van der Waals surface area contributed by atoms with E-state index in [0.29, 0.717) is 6.54 Å². The lowest BCUT2D eigenvalue weighted by Gasteiger charge is -2.28. The van der Waals surface area contributed by atoms with Crippen LogP contribution in [0, 0.1) is 5.41 Å². The molecule has 0 saturated heterocycles. The third-order valence-electron chi connectivity index (χ3n) is 2.17. The number of aliphatic hydroxyl groups excluding tert-OH is 1. The second-order valence-corrected chi connectivity index (χ2v) is 5.09. The van der Waals surface area contributed by atoms with Crippen molar-refractivity contribution >= 4 is 11.8 Å². The summed E-state index contributed by atoms with van der Waals surface area (Å²) in [5, 5.41) is 9.71. The Labute approximate surface area is 79.9 Å². The van der Waals surface area contributed by atoms with Crippen molar-refractivity contribution in [2.24, 2.45) is 11.1 Å². The minimum absolute atomic E-state index is 0.131. The molecule has 0 rings (SSSR count). The van der Waals surface area contributed by atoms with E-state index in [0.717, 1.165) is 17.9 Å². The van der Waals surface area contributed by atoms with Crippen LogP contribution in [-0.4, -0.2) is 29.3 Å². The first-order chi connectivity index (χ1) is 5.54. The molecule has 0 spiro atoms. The quantitative estimate of drug-likeness (QED) is 0.625. The number of rotatable bonds is 6. The first-order valence-electron chi connectivity index (χ1n) is 4.50. The van der Waals surface area contributed by atoms with E-state index in [1.807, 2.05) is 25.6 Å². The summed E-state index contributed by atoms with van der Waals surface area (Å²) in [5.74, 6) is 2.15. The molecule has 0 aliphatic rings. The molecule has 1 unspecified atom stereocenters. The summed E-state index contributed by atoms with van der Waals surface area (Å²) in [6.07, 6.45) is 0.587. The van der Waals surface area contributed by atoms with Crippen LogP contribution >= 0.6 is 11.8 Å². The van der Waals surface area contributed by atoms with Crippen molar-refractivity contribution in [2.45, 2.75) is 33.3 Å². The normalized spacial score (nSPS) is 14.8. The maximum Gasteiger partial charge on any atom is 0.0611 e. The zero-order valence-electron chi connectivity index (χ0n) is 8.34. The Bertz CT molecular complexity index is 117. The van der Waals surface area contributed by atoms with Crippen molar-refractivity contribution in [3.63, 3.8) is 0 Å².